The van der Waals surface area contributed by atoms with E-state index in [4.69, 9.17) is 31.5 Å². The van der Waals surface area contributed by atoms with Crippen LogP contribution in [0, 0.1) is 16.7 Å². The molecule has 3 saturated heterocycles. The van der Waals surface area contributed by atoms with Crippen molar-refractivity contribution in [1.29, 1.82) is 0 Å². The highest BCUT2D eigenvalue weighted by atomic mass is 35.5. The Bertz CT molecular complexity index is 2340. The molecule has 3 aromatic rings. The van der Waals surface area contributed by atoms with Crippen molar-refractivity contribution in [2.75, 3.05) is 74.7 Å². The summed E-state index contributed by atoms with van der Waals surface area (Å²) in [6.45, 7) is 15.5. The number of amides is 5. The van der Waals surface area contributed by atoms with Crippen LogP contribution in [0.2, 0.25) is 5.02 Å². The number of imide groups is 2. The van der Waals surface area contributed by atoms with E-state index in [1.807, 2.05) is 36.4 Å². The highest BCUT2D eigenvalue weighted by Gasteiger charge is 2.64. The topological polar surface area (TPSA) is 184 Å². The molecule has 17 heteroatoms. The zero-order valence-corrected chi connectivity index (χ0v) is 38.4. The number of hydrogen-bond donors (Lipinski definition) is 2. The first kappa shape index (κ1) is 45.7. The van der Waals surface area contributed by atoms with E-state index in [9.17, 15) is 28.8 Å². The molecule has 3 aromatic carbocycles. The maximum absolute atomic E-state index is 13.7. The average molecular weight is 912 g/mol. The lowest BCUT2D eigenvalue weighted by Gasteiger charge is -2.63. The van der Waals surface area contributed by atoms with Gasteiger partial charge >= 0.3 is 6.16 Å². The van der Waals surface area contributed by atoms with E-state index in [0.717, 1.165) is 79.8 Å². The number of halogens is 1. The van der Waals surface area contributed by atoms with Gasteiger partial charge in [0.15, 0.2) is 6.73 Å². The number of likely N-dealkylation sites (tertiary alicyclic amines) is 1. The van der Waals surface area contributed by atoms with Gasteiger partial charge in [0, 0.05) is 92.1 Å². The number of nitrogen functional groups attached to an aromatic ring is 1. The molecule has 8 rings (SSSR count). The molecule has 0 aromatic heterocycles. The van der Waals surface area contributed by atoms with E-state index in [-0.39, 0.29) is 59.5 Å². The Morgan fingerprint density at radius 2 is 1.43 bits per heavy atom. The summed E-state index contributed by atoms with van der Waals surface area (Å²) in [5, 5.41) is 3.74. The van der Waals surface area contributed by atoms with Crippen LogP contribution in [0.1, 0.15) is 91.4 Å². The number of hydrogen-bond acceptors (Lipinski definition) is 13. The standard InChI is InChI=1S/C48H58ClN7O9/c1-6-63-46(62)64-28-55-39(57)16-15-38(43(55)61)56-41(59)34-13-11-32(25-35(34)42(56)60)54-23-21-52(22-24-54)27-29-17-19-53(20-18-29)31-9-7-30(8-10-31)40(58)51-44-47(2,3)45(48(44,4)5)65-33-12-14-37(50)36(49)26-33/h7-14,25-26,29,38,44-45H,6,15-24,27-28,50H2,1-5H3,(H,51,58)/t38?,44-,45-. The van der Waals surface area contributed by atoms with E-state index < -0.39 is 42.6 Å². The number of nitrogens with zero attached hydrogens (tertiary/aromatic N) is 5. The van der Waals surface area contributed by atoms with Crippen molar-refractivity contribution in [3.05, 3.63) is 82.4 Å². The monoisotopic (exact) mass is 911 g/mol. The van der Waals surface area contributed by atoms with Crippen LogP contribution in [0.25, 0.3) is 0 Å². The normalized spacial score (nSPS) is 23.3. The lowest BCUT2D eigenvalue weighted by molar-refractivity contribution is -0.164. The molecule has 5 amide bonds. The number of ether oxygens (including phenoxy) is 3. The molecule has 65 heavy (non-hydrogen) atoms. The highest BCUT2D eigenvalue weighted by molar-refractivity contribution is 6.33. The van der Waals surface area contributed by atoms with Crippen LogP contribution in [0.3, 0.4) is 0 Å². The van der Waals surface area contributed by atoms with Crippen LogP contribution in [0.5, 0.6) is 5.75 Å². The maximum Gasteiger partial charge on any atom is 0.510 e. The number of carbonyl (C=O) groups excluding carboxylic acids is 6. The van der Waals surface area contributed by atoms with E-state index >= 15 is 0 Å². The van der Waals surface area contributed by atoms with Crippen molar-refractivity contribution < 1.29 is 43.0 Å². The molecule has 4 fully saturated rings. The molecular weight excluding hydrogens is 854 g/mol. The minimum Gasteiger partial charge on any atom is -0.489 e. The number of fused-ring (bicyclic) bond motifs is 1. The Hall–Kier alpha value is -5.87. The summed E-state index contributed by atoms with van der Waals surface area (Å²) < 4.78 is 16.0. The van der Waals surface area contributed by atoms with Gasteiger partial charge in [-0.05, 0) is 86.7 Å². The third-order valence-corrected chi connectivity index (χ3v) is 14.3. The summed E-state index contributed by atoms with van der Waals surface area (Å²) in [7, 11) is 0. The fraction of sp³-hybridized carbons (Fsp3) is 0.500. The zero-order valence-electron chi connectivity index (χ0n) is 37.6. The molecule has 0 radical (unpaired) electrons. The van der Waals surface area contributed by atoms with Crippen molar-refractivity contribution in [2.45, 2.75) is 78.5 Å². The summed E-state index contributed by atoms with van der Waals surface area (Å²) in [5.41, 5.74) is 8.71. The van der Waals surface area contributed by atoms with Crippen LogP contribution < -0.4 is 25.6 Å². The van der Waals surface area contributed by atoms with Crippen LogP contribution in [-0.4, -0.2) is 128 Å². The van der Waals surface area contributed by atoms with Crippen LogP contribution >= 0.6 is 11.6 Å². The van der Waals surface area contributed by atoms with Crippen LogP contribution in [-0.2, 0) is 19.1 Å². The lowest BCUT2D eigenvalue weighted by atomic mass is 9.49. The Kier molecular flexibility index (Phi) is 12.8. The van der Waals surface area contributed by atoms with Gasteiger partial charge in [0.1, 0.15) is 17.9 Å². The molecule has 1 saturated carbocycles. The second kappa shape index (κ2) is 18.2. The molecular formula is C48H58ClN7O9. The van der Waals surface area contributed by atoms with E-state index in [1.54, 1.807) is 31.2 Å². The SMILES string of the molecule is CCOC(=O)OCN1C(=O)CCC(N2C(=O)c3ccc(N4CCN(CC5CCN(c6ccc(C(=O)N[C@H]7C(C)(C)[C@H](Oc8ccc(N)c(Cl)c8)C7(C)C)cc6)CC5)CC4)cc3C2=O)C1=O. The first-order valence-electron chi connectivity index (χ1n) is 22.5. The van der Waals surface area contributed by atoms with Gasteiger partial charge < -0.3 is 35.1 Å². The van der Waals surface area contributed by atoms with Crippen molar-refractivity contribution in [1.82, 2.24) is 20.0 Å². The Labute approximate surface area is 384 Å². The molecule has 4 heterocycles. The summed E-state index contributed by atoms with van der Waals surface area (Å²) >= 11 is 6.24. The number of benzene rings is 3. The Balaban J connectivity index is 0.787. The fourth-order valence-electron chi connectivity index (χ4n) is 10.7. The number of anilines is 3. The first-order valence-corrected chi connectivity index (χ1v) is 22.9. The smallest absolute Gasteiger partial charge is 0.489 e. The van der Waals surface area contributed by atoms with Gasteiger partial charge in [-0.15, -0.1) is 0 Å². The fourth-order valence-corrected chi connectivity index (χ4v) is 10.9. The average Bonchev–Trinajstić information content (AvgIpc) is 3.53. The number of nitrogens with one attached hydrogen (secondary N) is 1. The number of piperazine rings is 1. The van der Waals surface area contributed by atoms with Gasteiger partial charge in [-0.2, -0.15) is 0 Å². The molecule has 1 aliphatic carbocycles. The quantitative estimate of drug-likeness (QED) is 0.126. The minimum absolute atomic E-state index is 0.0126. The predicted molar refractivity (Wildman–Crippen MR) is 244 cm³/mol. The molecule has 3 N–H and O–H groups in total. The molecule has 16 nitrogen and oxygen atoms in total. The van der Waals surface area contributed by atoms with Crippen LogP contribution in [0.4, 0.5) is 21.9 Å². The third-order valence-electron chi connectivity index (χ3n) is 14.0. The molecule has 5 aliphatic rings. The maximum atomic E-state index is 13.7. The van der Waals surface area contributed by atoms with Gasteiger partial charge in [0.05, 0.1) is 28.4 Å². The summed E-state index contributed by atoms with van der Waals surface area (Å²) in [5.74, 6) is -1.42. The number of piperidine rings is 2. The van der Waals surface area contributed by atoms with Gasteiger partial charge in [0.2, 0.25) is 5.91 Å². The van der Waals surface area contributed by atoms with E-state index in [0.29, 0.717) is 27.9 Å². The molecule has 4 aliphatic heterocycles. The largest absolute Gasteiger partial charge is 0.510 e. The molecule has 0 spiro atoms. The second-order valence-corrected chi connectivity index (χ2v) is 19.3. The Morgan fingerprint density at radius 3 is 2.09 bits per heavy atom. The summed E-state index contributed by atoms with van der Waals surface area (Å²) in [6, 6.07) is 17.1. The lowest BCUT2D eigenvalue weighted by Crippen LogP contribution is -2.74. The van der Waals surface area contributed by atoms with Crippen molar-refractivity contribution >= 4 is 64.4 Å². The zero-order chi connectivity index (χ0) is 46.4. The summed E-state index contributed by atoms with van der Waals surface area (Å²) in [6.07, 6.45) is 0.833. The van der Waals surface area contributed by atoms with Gasteiger partial charge in [0.25, 0.3) is 23.6 Å². The summed E-state index contributed by atoms with van der Waals surface area (Å²) in [4.78, 5) is 87.1. The molecule has 1 unspecified atom stereocenters. The number of carbonyl (C=O) groups is 6. The molecule has 346 valence electrons. The first-order chi connectivity index (χ1) is 31.0. The van der Waals surface area contributed by atoms with E-state index in [1.165, 1.54) is 0 Å². The highest BCUT2D eigenvalue weighted by Crippen LogP contribution is 2.55. The van der Waals surface area contributed by atoms with Crippen molar-refractivity contribution in [2.24, 2.45) is 16.7 Å². The number of nitrogens with two attached hydrogens (primary N) is 1. The van der Waals surface area contributed by atoms with Gasteiger partial charge in [-0.25, -0.2) is 9.69 Å². The second-order valence-electron chi connectivity index (χ2n) is 18.9. The van der Waals surface area contributed by atoms with Crippen molar-refractivity contribution in [3.63, 3.8) is 0 Å². The number of rotatable bonds is 12. The third kappa shape index (κ3) is 8.94. The molecule has 0 bridgehead atoms. The van der Waals surface area contributed by atoms with Crippen molar-refractivity contribution in [3.8, 4) is 5.75 Å². The predicted octanol–water partition coefficient (Wildman–Crippen LogP) is 5.82. The molecule has 1 atom stereocenters. The van der Waals surface area contributed by atoms with E-state index in [2.05, 4.69) is 47.7 Å². The van der Waals surface area contributed by atoms with Gasteiger partial charge in [-0.1, -0.05) is 39.3 Å². The Morgan fingerprint density at radius 1 is 0.785 bits per heavy atom. The minimum atomic E-state index is -1.19. The van der Waals surface area contributed by atoms with Crippen LogP contribution in [0.15, 0.2) is 60.7 Å². The van der Waals surface area contributed by atoms with Gasteiger partial charge in [-0.3, -0.25) is 33.8 Å².